The van der Waals surface area contributed by atoms with Gasteiger partial charge in [0.1, 0.15) is 5.01 Å². The number of halogens is 1. The lowest BCUT2D eigenvalue weighted by molar-refractivity contribution is 1.49. The minimum absolute atomic E-state index is 1.07. The topological polar surface area (TPSA) is 12.9 Å². The number of para-hydroxylation sites is 1. The molecule has 96 valence electrons. The molecule has 1 aromatic heterocycles. The lowest BCUT2D eigenvalue weighted by atomic mass is 10.1. The van der Waals surface area contributed by atoms with Crippen molar-refractivity contribution >= 4 is 48.3 Å². The summed E-state index contributed by atoms with van der Waals surface area (Å²) in [5, 5.41) is 3.54. The van der Waals surface area contributed by atoms with Gasteiger partial charge in [-0.05, 0) is 29.0 Å². The van der Waals surface area contributed by atoms with E-state index in [9.17, 15) is 0 Å². The fraction of sp³-hybridized carbons (Fsp3) is 0. The van der Waals surface area contributed by atoms with E-state index in [-0.39, 0.29) is 0 Å². The van der Waals surface area contributed by atoms with Gasteiger partial charge in [0.05, 0.1) is 10.2 Å². The normalized spacial score (nSPS) is 11.2. The predicted molar refractivity (Wildman–Crippen MR) is 90.3 cm³/mol. The molecule has 0 saturated heterocycles. The summed E-state index contributed by atoms with van der Waals surface area (Å²) in [6.07, 6.45) is 0. The third-order valence-corrected chi connectivity index (χ3v) is 5.16. The van der Waals surface area contributed by atoms with Gasteiger partial charge >= 0.3 is 0 Å². The van der Waals surface area contributed by atoms with Gasteiger partial charge < -0.3 is 0 Å². The van der Waals surface area contributed by atoms with Crippen molar-refractivity contribution in [1.29, 1.82) is 0 Å². The number of hydrogen-bond donors (Lipinski definition) is 0. The predicted octanol–water partition coefficient (Wildman–Crippen LogP) is 5.88. The third-order valence-electron chi connectivity index (χ3n) is 3.40. The Kier molecular flexibility index (Phi) is 2.83. The zero-order chi connectivity index (χ0) is 13.5. The lowest BCUT2D eigenvalue weighted by Crippen LogP contribution is -1.81. The molecule has 0 fully saturated rings. The summed E-state index contributed by atoms with van der Waals surface area (Å²) in [5.41, 5.74) is 2.27. The van der Waals surface area contributed by atoms with Crippen LogP contribution < -0.4 is 0 Å². The molecule has 20 heavy (non-hydrogen) atoms. The fourth-order valence-electron chi connectivity index (χ4n) is 2.44. The van der Waals surface area contributed by atoms with E-state index in [4.69, 9.17) is 4.98 Å². The summed E-state index contributed by atoms with van der Waals surface area (Å²) in [4.78, 5) is 4.77. The van der Waals surface area contributed by atoms with E-state index in [0.29, 0.717) is 0 Å². The highest BCUT2D eigenvalue weighted by molar-refractivity contribution is 9.10. The largest absolute Gasteiger partial charge is 0.236 e. The maximum absolute atomic E-state index is 4.77. The molecule has 4 aromatic rings. The van der Waals surface area contributed by atoms with Crippen LogP contribution in [0.2, 0.25) is 0 Å². The quantitative estimate of drug-likeness (QED) is 0.422. The molecule has 0 amide bonds. The summed E-state index contributed by atoms with van der Waals surface area (Å²) in [7, 11) is 0. The molecule has 0 atom stereocenters. The second-order valence-electron chi connectivity index (χ2n) is 4.63. The zero-order valence-electron chi connectivity index (χ0n) is 10.5. The number of nitrogens with zero attached hydrogens (tertiary/aromatic N) is 1. The van der Waals surface area contributed by atoms with Gasteiger partial charge in [0.2, 0.25) is 0 Å². The molecule has 1 nitrogen and oxygen atoms in total. The second kappa shape index (κ2) is 4.69. The first-order valence-electron chi connectivity index (χ1n) is 6.36. The molecule has 1 heterocycles. The molecular formula is C17H10BrNS. The molecule has 0 N–H and O–H groups in total. The molecule has 0 aliphatic rings. The highest BCUT2D eigenvalue weighted by atomic mass is 79.9. The van der Waals surface area contributed by atoms with Gasteiger partial charge in [-0.3, -0.25) is 0 Å². The van der Waals surface area contributed by atoms with Crippen molar-refractivity contribution in [3.8, 4) is 10.6 Å². The van der Waals surface area contributed by atoms with Crippen molar-refractivity contribution in [2.75, 3.05) is 0 Å². The Bertz CT molecular complexity index is 893. The average Bonchev–Trinajstić information content (AvgIpc) is 2.91. The van der Waals surface area contributed by atoms with Gasteiger partial charge in [-0.1, -0.05) is 58.4 Å². The molecule has 0 aliphatic carbocycles. The van der Waals surface area contributed by atoms with Gasteiger partial charge in [-0.2, -0.15) is 0 Å². The van der Waals surface area contributed by atoms with Crippen molar-refractivity contribution in [1.82, 2.24) is 4.98 Å². The summed E-state index contributed by atoms with van der Waals surface area (Å²) >= 11 is 5.37. The summed E-state index contributed by atoms with van der Waals surface area (Å²) in [6, 6.07) is 21.0. The molecular weight excluding hydrogens is 330 g/mol. The minimum atomic E-state index is 1.07. The number of thiazole rings is 1. The smallest absolute Gasteiger partial charge is 0.125 e. The van der Waals surface area contributed by atoms with Gasteiger partial charge in [0.15, 0.2) is 0 Å². The van der Waals surface area contributed by atoms with Crippen LogP contribution in [0.15, 0.2) is 65.1 Å². The Hall–Kier alpha value is -1.71. The zero-order valence-corrected chi connectivity index (χ0v) is 12.9. The maximum Gasteiger partial charge on any atom is 0.125 e. The highest BCUT2D eigenvalue weighted by Crippen LogP contribution is 2.36. The summed E-state index contributed by atoms with van der Waals surface area (Å²) < 4.78 is 2.35. The van der Waals surface area contributed by atoms with Crippen LogP contribution in [0.3, 0.4) is 0 Å². The first-order valence-corrected chi connectivity index (χ1v) is 7.97. The van der Waals surface area contributed by atoms with E-state index >= 15 is 0 Å². The maximum atomic E-state index is 4.77. The SMILES string of the molecule is Brc1ccc(-c2nc3ccccc3s2)c2ccccc12. The Labute approximate surface area is 129 Å². The molecule has 4 rings (SSSR count). The summed E-state index contributed by atoms with van der Waals surface area (Å²) in [5.74, 6) is 0. The number of aromatic nitrogens is 1. The van der Waals surface area contributed by atoms with E-state index in [1.165, 1.54) is 21.0 Å². The standard InChI is InChI=1S/C17H10BrNS/c18-14-10-9-13(11-5-1-2-6-12(11)14)17-19-15-7-3-4-8-16(15)20-17/h1-10H. The molecule has 0 spiro atoms. The molecule has 0 saturated carbocycles. The molecule has 0 radical (unpaired) electrons. The van der Waals surface area contributed by atoms with Crippen LogP contribution in [0.5, 0.6) is 0 Å². The number of fused-ring (bicyclic) bond motifs is 2. The molecule has 0 unspecified atom stereocenters. The van der Waals surface area contributed by atoms with Crippen LogP contribution in [0, 0.1) is 0 Å². The van der Waals surface area contributed by atoms with Crippen molar-refractivity contribution in [3.05, 3.63) is 65.1 Å². The Morgan fingerprint density at radius 1 is 0.800 bits per heavy atom. The minimum Gasteiger partial charge on any atom is -0.236 e. The van der Waals surface area contributed by atoms with Crippen LogP contribution in [-0.2, 0) is 0 Å². The Morgan fingerprint density at radius 2 is 1.55 bits per heavy atom. The van der Waals surface area contributed by atoms with Crippen molar-refractivity contribution in [3.63, 3.8) is 0 Å². The van der Waals surface area contributed by atoms with Crippen LogP contribution in [0.4, 0.5) is 0 Å². The van der Waals surface area contributed by atoms with Crippen molar-refractivity contribution in [2.24, 2.45) is 0 Å². The first kappa shape index (κ1) is 12.1. The Morgan fingerprint density at radius 3 is 2.40 bits per heavy atom. The second-order valence-corrected chi connectivity index (χ2v) is 6.51. The molecule has 3 heteroatoms. The fourth-order valence-corrected chi connectivity index (χ4v) is 3.92. The first-order chi connectivity index (χ1) is 9.83. The van der Waals surface area contributed by atoms with E-state index in [1.54, 1.807) is 11.3 Å². The highest BCUT2D eigenvalue weighted by Gasteiger charge is 2.10. The van der Waals surface area contributed by atoms with Gasteiger partial charge in [-0.15, -0.1) is 11.3 Å². The monoisotopic (exact) mass is 339 g/mol. The van der Waals surface area contributed by atoms with Crippen molar-refractivity contribution < 1.29 is 0 Å². The molecule has 0 aliphatic heterocycles. The summed E-state index contributed by atoms with van der Waals surface area (Å²) in [6.45, 7) is 0. The number of hydrogen-bond acceptors (Lipinski definition) is 2. The third kappa shape index (κ3) is 1.86. The van der Waals surface area contributed by atoms with E-state index in [0.717, 1.165) is 15.0 Å². The van der Waals surface area contributed by atoms with Crippen LogP contribution in [-0.4, -0.2) is 4.98 Å². The number of benzene rings is 3. The van der Waals surface area contributed by atoms with Gasteiger partial charge in [-0.25, -0.2) is 4.98 Å². The Balaban J connectivity index is 2.04. The van der Waals surface area contributed by atoms with Crippen LogP contribution in [0.25, 0.3) is 31.6 Å². The van der Waals surface area contributed by atoms with E-state index in [1.807, 2.05) is 6.07 Å². The average molecular weight is 340 g/mol. The van der Waals surface area contributed by atoms with Crippen LogP contribution in [0.1, 0.15) is 0 Å². The van der Waals surface area contributed by atoms with E-state index < -0.39 is 0 Å². The number of rotatable bonds is 1. The van der Waals surface area contributed by atoms with Gasteiger partial charge in [0.25, 0.3) is 0 Å². The molecule has 3 aromatic carbocycles. The van der Waals surface area contributed by atoms with E-state index in [2.05, 4.69) is 70.5 Å². The van der Waals surface area contributed by atoms with Gasteiger partial charge in [0, 0.05) is 10.0 Å². The van der Waals surface area contributed by atoms with Crippen molar-refractivity contribution in [2.45, 2.75) is 0 Å². The molecule has 0 bridgehead atoms. The lowest BCUT2D eigenvalue weighted by Gasteiger charge is -2.05. The van der Waals surface area contributed by atoms with Crippen LogP contribution >= 0.6 is 27.3 Å².